The highest BCUT2D eigenvalue weighted by atomic mass is 16.5. The normalized spacial score (nSPS) is 9.86. The number of fused-ring (bicyclic) bond motifs is 1. The van der Waals surface area contributed by atoms with Gasteiger partial charge < -0.3 is 19.9 Å². The second-order valence-corrected chi connectivity index (χ2v) is 5.84. The fourth-order valence-corrected chi connectivity index (χ4v) is 3.07. The van der Waals surface area contributed by atoms with Gasteiger partial charge in [0.2, 0.25) is 0 Å². The lowest BCUT2D eigenvalue weighted by Gasteiger charge is -2.09. The Bertz CT molecular complexity index is 1020. The number of carbonyl (C=O) groups is 1. The third-order valence-electron chi connectivity index (χ3n) is 4.25. The molecule has 2 amide bonds. The minimum atomic E-state index is -0.257. The van der Waals surface area contributed by atoms with Crippen molar-refractivity contribution in [1.82, 2.24) is 9.88 Å². The Hall–Kier alpha value is -3.46. The van der Waals surface area contributed by atoms with Crippen LogP contribution in [0.4, 0.5) is 10.5 Å². The molecule has 0 aliphatic carbocycles. The van der Waals surface area contributed by atoms with Gasteiger partial charge in [-0.1, -0.05) is 26.0 Å². The zero-order valence-electron chi connectivity index (χ0n) is 17.0. The summed E-state index contributed by atoms with van der Waals surface area (Å²) in [5.41, 5.74) is 3.84. The lowest BCUT2D eigenvalue weighted by atomic mass is 10.1. The summed E-state index contributed by atoms with van der Waals surface area (Å²) in [5, 5.41) is 16.1. The van der Waals surface area contributed by atoms with Gasteiger partial charge in [-0.3, -0.25) is 0 Å². The first kappa shape index (κ1) is 20.8. The molecule has 146 valence electrons. The fraction of sp³-hybridized carbons (Fsp3) is 0.273. The van der Waals surface area contributed by atoms with E-state index in [0.29, 0.717) is 17.8 Å². The molecule has 6 nitrogen and oxygen atoms in total. The summed E-state index contributed by atoms with van der Waals surface area (Å²) in [6, 6.07) is 15.2. The van der Waals surface area contributed by atoms with Crippen LogP contribution in [0.1, 0.15) is 26.3 Å². The van der Waals surface area contributed by atoms with Gasteiger partial charge in [0.05, 0.1) is 23.9 Å². The highest BCUT2D eigenvalue weighted by molar-refractivity contribution is 5.96. The van der Waals surface area contributed by atoms with Gasteiger partial charge in [0.15, 0.2) is 0 Å². The molecule has 0 atom stereocenters. The van der Waals surface area contributed by atoms with Crippen LogP contribution in [-0.2, 0) is 7.05 Å². The standard InChI is InChI=1S/C20H20N4O2.C2H6/c1-4-22-20(25)23-14-7-5-6-13(10-14)19-17(12-21)16-9-8-15(26-3)11-18(16)24(19)2;1-2/h5-11H,4H2,1-3H3,(H2,22,23,25);1-2H3. The third-order valence-corrected chi connectivity index (χ3v) is 4.25. The van der Waals surface area contributed by atoms with E-state index >= 15 is 0 Å². The van der Waals surface area contributed by atoms with E-state index in [1.54, 1.807) is 7.11 Å². The molecule has 0 saturated heterocycles. The van der Waals surface area contributed by atoms with Crippen LogP contribution in [0.3, 0.4) is 0 Å². The summed E-state index contributed by atoms with van der Waals surface area (Å²) in [5.74, 6) is 0.737. The third kappa shape index (κ3) is 4.09. The summed E-state index contributed by atoms with van der Waals surface area (Å²) in [7, 11) is 3.54. The lowest BCUT2D eigenvalue weighted by molar-refractivity contribution is 0.252. The summed E-state index contributed by atoms with van der Waals surface area (Å²) in [6.45, 7) is 6.41. The zero-order chi connectivity index (χ0) is 20.7. The molecule has 6 heteroatoms. The van der Waals surface area contributed by atoms with Gasteiger partial charge in [-0.25, -0.2) is 4.79 Å². The Kier molecular flexibility index (Phi) is 7.05. The number of urea groups is 1. The highest BCUT2D eigenvalue weighted by Gasteiger charge is 2.17. The minimum absolute atomic E-state index is 0.257. The first-order valence-corrected chi connectivity index (χ1v) is 9.30. The summed E-state index contributed by atoms with van der Waals surface area (Å²) in [4.78, 5) is 11.8. The van der Waals surface area contributed by atoms with Gasteiger partial charge in [0.1, 0.15) is 11.8 Å². The molecule has 0 bridgehead atoms. The van der Waals surface area contributed by atoms with Crippen LogP contribution < -0.4 is 15.4 Å². The molecule has 1 heterocycles. The SMILES string of the molecule is CC.CCNC(=O)Nc1cccc(-c2c(C#N)c3ccc(OC)cc3n2C)c1. The van der Waals surface area contributed by atoms with E-state index < -0.39 is 0 Å². The van der Waals surface area contributed by atoms with Gasteiger partial charge >= 0.3 is 6.03 Å². The number of aryl methyl sites for hydroxylation is 1. The van der Waals surface area contributed by atoms with Crippen molar-refractivity contribution in [2.75, 3.05) is 19.0 Å². The van der Waals surface area contributed by atoms with E-state index in [2.05, 4.69) is 16.7 Å². The summed E-state index contributed by atoms with van der Waals surface area (Å²) in [6.07, 6.45) is 0. The number of amides is 2. The van der Waals surface area contributed by atoms with Crippen molar-refractivity contribution >= 4 is 22.6 Å². The average molecular weight is 378 g/mol. The Balaban J connectivity index is 0.00000136. The van der Waals surface area contributed by atoms with Crippen LogP contribution in [0.5, 0.6) is 5.75 Å². The first-order chi connectivity index (χ1) is 13.6. The zero-order valence-corrected chi connectivity index (χ0v) is 17.0. The molecule has 0 saturated carbocycles. The summed E-state index contributed by atoms with van der Waals surface area (Å²) >= 11 is 0. The first-order valence-electron chi connectivity index (χ1n) is 9.30. The minimum Gasteiger partial charge on any atom is -0.497 e. The number of aromatic nitrogens is 1. The molecule has 0 radical (unpaired) electrons. The Morgan fingerprint density at radius 2 is 1.96 bits per heavy atom. The molecule has 2 N–H and O–H groups in total. The number of nitriles is 1. The highest BCUT2D eigenvalue weighted by Crippen LogP contribution is 2.35. The van der Waals surface area contributed by atoms with Gasteiger partial charge in [-0.2, -0.15) is 5.26 Å². The quantitative estimate of drug-likeness (QED) is 0.678. The molecule has 0 aliphatic rings. The molecule has 2 aromatic carbocycles. The summed E-state index contributed by atoms with van der Waals surface area (Å²) < 4.78 is 7.27. The molecule has 0 spiro atoms. The number of carbonyl (C=O) groups excluding carboxylic acids is 1. The monoisotopic (exact) mass is 378 g/mol. The number of anilines is 1. The van der Waals surface area contributed by atoms with Gasteiger partial charge in [-0.05, 0) is 31.2 Å². The number of hydrogen-bond donors (Lipinski definition) is 2. The Morgan fingerprint density at radius 3 is 2.61 bits per heavy atom. The molecule has 28 heavy (non-hydrogen) atoms. The van der Waals surface area contributed by atoms with Crippen LogP contribution in [0.2, 0.25) is 0 Å². The Labute approximate surface area is 165 Å². The predicted octanol–water partition coefficient (Wildman–Crippen LogP) is 4.89. The van der Waals surface area contributed by atoms with Crippen LogP contribution >= 0.6 is 0 Å². The van der Waals surface area contributed by atoms with Gasteiger partial charge in [-0.15, -0.1) is 0 Å². The number of ether oxygens (including phenoxy) is 1. The van der Waals surface area contributed by atoms with E-state index in [9.17, 15) is 10.1 Å². The largest absolute Gasteiger partial charge is 0.497 e. The van der Waals surface area contributed by atoms with E-state index in [-0.39, 0.29) is 6.03 Å². The van der Waals surface area contributed by atoms with Crippen molar-refractivity contribution < 1.29 is 9.53 Å². The van der Waals surface area contributed by atoms with Gasteiger partial charge in [0, 0.05) is 36.3 Å². The van der Waals surface area contributed by atoms with Crippen molar-refractivity contribution in [3.05, 3.63) is 48.0 Å². The van der Waals surface area contributed by atoms with Crippen molar-refractivity contribution in [3.63, 3.8) is 0 Å². The molecule has 0 unspecified atom stereocenters. The van der Waals surface area contributed by atoms with Crippen LogP contribution in [0, 0.1) is 11.3 Å². The number of benzene rings is 2. The lowest BCUT2D eigenvalue weighted by Crippen LogP contribution is -2.28. The van der Waals surface area contributed by atoms with Crippen LogP contribution in [-0.4, -0.2) is 24.3 Å². The second-order valence-electron chi connectivity index (χ2n) is 5.84. The number of hydrogen-bond acceptors (Lipinski definition) is 3. The molecule has 3 rings (SSSR count). The molecular formula is C22H26N4O2. The molecule has 1 aromatic heterocycles. The fourth-order valence-electron chi connectivity index (χ4n) is 3.07. The van der Waals surface area contributed by atoms with Crippen molar-refractivity contribution in [2.24, 2.45) is 7.05 Å². The van der Waals surface area contributed by atoms with E-state index in [4.69, 9.17) is 4.74 Å². The smallest absolute Gasteiger partial charge is 0.319 e. The van der Waals surface area contributed by atoms with E-state index in [0.717, 1.165) is 27.9 Å². The van der Waals surface area contributed by atoms with E-state index in [1.807, 2.05) is 74.9 Å². The molecule has 3 aromatic rings. The van der Waals surface area contributed by atoms with Crippen molar-refractivity contribution in [1.29, 1.82) is 5.26 Å². The molecular weight excluding hydrogens is 352 g/mol. The van der Waals surface area contributed by atoms with Crippen LogP contribution in [0.25, 0.3) is 22.2 Å². The molecule has 0 fully saturated rings. The van der Waals surface area contributed by atoms with E-state index in [1.165, 1.54) is 0 Å². The van der Waals surface area contributed by atoms with Gasteiger partial charge in [0.25, 0.3) is 0 Å². The average Bonchev–Trinajstić information content (AvgIpc) is 3.01. The maximum Gasteiger partial charge on any atom is 0.319 e. The van der Waals surface area contributed by atoms with Crippen molar-refractivity contribution in [3.8, 4) is 23.1 Å². The Morgan fingerprint density at radius 1 is 1.21 bits per heavy atom. The molecule has 0 aliphatic heterocycles. The van der Waals surface area contributed by atoms with Crippen molar-refractivity contribution in [2.45, 2.75) is 20.8 Å². The number of nitrogens with one attached hydrogen (secondary N) is 2. The number of nitrogens with zero attached hydrogens (tertiary/aromatic N) is 2. The second kappa shape index (κ2) is 9.47. The maximum atomic E-state index is 11.8. The van der Waals surface area contributed by atoms with Crippen LogP contribution in [0.15, 0.2) is 42.5 Å². The predicted molar refractivity (Wildman–Crippen MR) is 114 cm³/mol. The number of methoxy groups -OCH3 is 1. The maximum absolute atomic E-state index is 11.8. The number of rotatable bonds is 4. The topological polar surface area (TPSA) is 79.1 Å².